The second-order valence-corrected chi connectivity index (χ2v) is 10.4. The minimum absolute atomic E-state index is 1.01. The van der Waals surface area contributed by atoms with Crippen molar-refractivity contribution in [1.29, 1.82) is 0 Å². The van der Waals surface area contributed by atoms with Gasteiger partial charge in [-0.15, -0.1) is 0 Å². The van der Waals surface area contributed by atoms with Gasteiger partial charge in [-0.05, 0) is 99.7 Å². The van der Waals surface area contributed by atoms with Crippen LogP contribution in [-0.4, -0.2) is 0 Å². The molecular formula is C36H22. The standard InChI is InChI=1S/C36H22/c1-3-21-7-9-23-11-13-25-15-17-27-19-20-28-18-16-26-14-12-24-10-8-22-4-2-6-30(22)32(24)34(26)36(28)35(27)33(25)31(23)29(21)5-1/h1-4,7-20H,5-6H2. The molecule has 0 nitrogen and oxygen atoms in total. The van der Waals surface area contributed by atoms with Crippen molar-refractivity contribution in [1.82, 2.24) is 0 Å². The molecule has 0 heteroatoms. The topological polar surface area (TPSA) is 0 Å². The highest BCUT2D eigenvalue weighted by atomic mass is 14.2. The molecule has 0 spiro atoms. The van der Waals surface area contributed by atoms with Crippen LogP contribution in [0.5, 0.6) is 0 Å². The molecule has 0 saturated carbocycles. The Morgan fingerprint density at radius 3 is 0.944 bits per heavy atom. The van der Waals surface area contributed by atoms with E-state index in [1.54, 1.807) is 0 Å². The summed E-state index contributed by atoms with van der Waals surface area (Å²) in [5, 5.41) is 16.4. The van der Waals surface area contributed by atoms with Gasteiger partial charge in [-0.25, -0.2) is 0 Å². The summed E-state index contributed by atoms with van der Waals surface area (Å²) < 4.78 is 0. The minimum Gasteiger partial charge on any atom is -0.0795 e. The van der Waals surface area contributed by atoms with Crippen LogP contribution < -0.4 is 0 Å². The molecule has 0 atom stereocenters. The van der Waals surface area contributed by atoms with Crippen molar-refractivity contribution in [2.45, 2.75) is 12.8 Å². The lowest BCUT2D eigenvalue weighted by Crippen LogP contribution is -1.91. The van der Waals surface area contributed by atoms with E-state index in [2.05, 4.69) is 109 Å². The molecule has 0 radical (unpaired) electrons. The maximum absolute atomic E-state index is 2.32. The van der Waals surface area contributed by atoms with Gasteiger partial charge < -0.3 is 0 Å². The molecule has 166 valence electrons. The van der Waals surface area contributed by atoms with Crippen molar-refractivity contribution < 1.29 is 0 Å². The lowest BCUT2D eigenvalue weighted by atomic mass is 9.86. The Morgan fingerprint density at radius 1 is 0.306 bits per heavy atom. The second-order valence-electron chi connectivity index (χ2n) is 10.4. The number of hydrogen-bond acceptors (Lipinski definition) is 0. The number of benzene rings is 7. The number of hydrogen-bond donors (Lipinski definition) is 0. The van der Waals surface area contributed by atoms with E-state index in [1.807, 2.05) is 0 Å². The highest BCUT2D eigenvalue weighted by Crippen LogP contribution is 2.44. The van der Waals surface area contributed by atoms with Crippen LogP contribution in [0.4, 0.5) is 0 Å². The van der Waals surface area contributed by atoms with Crippen molar-refractivity contribution in [3.8, 4) is 0 Å². The predicted octanol–water partition coefficient (Wildman–Crippen LogP) is 9.74. The molecule has 7 aromatic carbocycles. The SMILES string of the molecule is C1=Cc2ccc3ccc4ccc5ccc6ccc7ccc8ccc9c(c8c7c6c5c4c3c2C1)CC=C9. The minimum atomic E-state index is 1.01. The maximum atomic E-state index is 2.32. The Labute approximate surface area is 208 Å². The lowest BCUT2D eigenvalue weighted by Gasteiger charge is -2.17. The van der Waals surface area contributed by atoms with E-state index in [0.717, 1.165) is 12.8 Å². The molecule has 0 aromatic heterocycles. The molecule has 9 rings (SSSR count). The fourth-order valence-corrected chi connectivity index (χ4v) is 7.03. The zero-order chi connectivity index (χ0) is 23.4. The fraction of sp³-hybridized carbons (Fsp3) is 0.0556. The number of fused-ring (bicyclic) bond motifs is 15. The van der Waals surface area contributed by atoms with Gasteiger partial charge in [-0.1, -0.05) is 109 Å². The van der Waals surface area contributed by atoms with Crippen LogP contribution in [0.1, 0.15) is 22.3 Å². The van der Waals surface area contributed by atoms with Crippen LogP contribution in [0, 0.1) is 0 Å². The largest absolute Gasteiger partial charge is 0.0795 e. The first-order chi connectivity index (χ1) is 17.8. The summed E-state index contributed by atoms with van der Waals surface area (Å²) in [6, 6.07) is 32.3. The average molecular weight is 455 g/mol. The normalized spacial score (nSPS) is 14.2. The van der Waals surface area contributed by atoms with E-state index < -0.39 is 0 Å². The maximum Gasteiger partial charge on any atom is -0.00140 e. The lowest BCUT2D eigenvalue weighted by molar-refractivity contribution is 1.35. The summed E-state index contributed by atoms with van der Waals surface area (Å²) in [5.74, 6) is 0. The van der Waals surface area contributed by atoms with Crippen LogP contribution >= 0.6 is 0 Å². The quantitative estimate of drug-likeness (QED) is 0.200. The first-order valence-electron chi connectivity index (χ1n) is 12.9. The molecule has 0 aliphatic heterocycles. The molecule has 2 aliphatic carbocycles. The molecule has 0 N–H and O–H groups in total. The van der Waals surface area contributed by atoms with Crippen molar-refractivity contribution in [3.63, 3.8) is 0 Å². The van der Waals surface area contributed by atoms with Crippen LogP contribution in [0.25, 0.3) is 76.8 Å². The number of allylic oxidation sites excluding steroid dienone is 2. The molecule has 0 amide bonds. The van der Waals surface area contributed by atoms with Gasteiger partial charge in [-0.2, -0.15) is 0 Å². The summed E-state index contributed by atoms with van der Waals surface area (Å²) in [5.41, 5.74) is 5.67. The predicted molar refractivity (Wildman–Crippen MR) is 157 cm³/mol. The average Bonchev–Trinajstić information content (AvgIpc) is 3.61. The van der Waals surface area contributed by atoms with Crippen molar-refractivity contribution in [2.75, 3.05) is 0 Å². The number of rotatable bonds is 0. The molecule has 2 aliphatic rings. The Kier molecular flexibility index (Phi) is 3.47. The molecule has 0 fully saturated rings. The molecule has 7 aromatic rings. The van der Waals surface area contributed by atoms with Gasteiger partial charge >= 0.3 is 0 Å². The van der Waals surface area contributed by atoms with Crippen LogP contribution in [0.15, 0.2) is 97.1 Å². The summed E-state index contributed by atoms with van der Waals surface area (Å²) in [6.07, 6.45) is 11.2. The molecule has 0 unspecified atom stereocenters. The van der Waals surface area contributed by atoms with Gasteiger partial charge in [0.15, 0.2) is 0 Å². The Morgan fingerprint density at radius 2 is 0.583 bits per heavy atom. The van der Waals surface area contributed by atoms with Gasteiger partial charge in [-0.3, -0.25) is 0 Å². The monoisotopic (exact) mass is 454 g/mol. The van der Waals surface area contributed by atoms with E-state index >= 15 is 0 Å². The van der Waals surface area contributed by atoms with Gasteiger partial charge in [0.2, 0.25) is 0 Å². The summed E-state index contributed by atoms with van der Waals surface area (Å²) in [6.45, 7) is 0. The Bertz CT molecular complexity index is 2010. The third kappa shape index (κ3) is 2.30. The Balaban J connectivity index is 1.64. The summed E-state index contributed by atoms with van der Waals surface area (Å²) in [4.78, 5) is 0. The van der Waals surface area contributed by atoms with E-state index in [4.69, 9.17) is 0 Å². The van der Waals surface area contributed by atoms with E-state index in [-0.39, 0.29) is 0 Å². The second kappa shape index (κ2) is 6.62. The first kappa shape index (κ1) is 18.9. The van der Waals surface area contributed by atoms with Crippen LogP contribution in [0.2, 0.25) is 0 Å². The van der Waals surface area contributed by atoms with E-state index in [9.17, 15) is 0 Å². The Hall–Kier alpha value is -4.42. The van der Waals surface area contributed by atoms with Gasteiger partial charge in [0.05, 0.1) is 0 Å². The third-order valence-electron chi connectivity index (χ3n) is 8.62. The van der Waals surface area contributed by atoms with Crippen molar-refractivity contribution in [2.24, 2.45) is 0 Å². The summed E-state index contributed by atoms with van der Waals surface area (Å²) >= 11 is 0. The smallest absolute Gasteiger partial charge is 0.00140 e. The summed E-state index contributed by atoms with van der Waals surface area (Å²) in [7, 11) is 0. The molecular weight excluding hydrogens is 432 g/mol. The van der Waals surface area contributed by atoms with Crippen molar-refractivity contribution >= 4 is 76.8 Å². The molecule has 36 heavy (non-hydrogen) atoms. The van der Waals surface area contributed by atoms with Gasteiger partial charge in [0, 0.05) is 0 Å². The molecule has 0 saturated heterocycles. The fourth-order valence-electron chi connectivity index (χ4n) is 7.03. The van der Waals surface area contributed by atoms with Crippen molar-refractivity contribution in [3.05, 3.63) is 119 Å². The highest BCUT2D eigenvalue weighted by molar-refractivity contribution is 6.36. The van der Waals surface area contributed by atoms with Crippen LogP contribution in [-0.2, 0) is 12.8 Å². The van der Waals surface area contributed by atoms with E-state index in [0.29, 0.717) is 0 Å². The van der Waals surface area contributed by atoms with Gasteiger partial charge in [0.25, 0.3) is 0 Å². The van der Waals surface area contributed by atoms with Gasteiger partial charge in [0.1, 0.15) is 0 Å². The third-order valence-corrected chi connectivity index (χ3v) is 8.62. The highest BCUT2D eigenvalue weighted by Gasteiger charge is 2.19. The zero-order valence-corrected chi connectivity index (χ0v) is 19.8. The van der Waals surface area contributed by atoms with Crippen LogP contribution in [0.3, 0.4) is 0 Å². The molecule has 0 bridgehead atoms. The zero-order valence-electron chi connectivity index (χ0n) is 19.8. The van der Waals surface area contributed by atoms with E-state index in [1.165, 1.54) is 86.9 Å². The first-order valence-corrected chi connectivity index (χ1v) is 12.9. The molecule has 0 heterocycles.